The van der Waals surface area contributed by atoms with Crippen LogP contribution in [0.1, 0.15) is 144 Å². The Bertz CT molecular complexity index is 4430. The van der Waals surface area contributed by atoms with E-state index in [1.54, 1.807) is 41.3 Å². The van der Waals surface area contributed by atoms with E-state index in [0.717, 1.165) is 184 Å². The number of pyridine rings is 3. The fourth-order valence-corrected chi connectivity index (χ4v) is 17.6. The van der Waals surface area contributed by atoms with Gasteiger partial charge in [-0.1, -0.05) is 137 Å². The molecule has 3 aliphatic heterocycles. The molecule has 3 aliphatic rings. The number of anilines is 5. The number of nitrogens with one attached hydrogen (secondary N) is 4. The van der Waals surface area contributed by atoms with Gasteiger partial charge in [0.25, 0.3) is 0 Å². The number of hydrogen-bond acceptors (Lipinski definition) is 18. The van der Waals surface area contributed by atoms with Crippen molar-refractivity contribution in [2.45, 2.75) is 117 Å². The van der Waals surface area contributed by atoms with Crippen LogP contribution in [0.4, 0.5) is 27.3 Å². The fourth-order valence-electron chi connectivity index (χ4n) is 14.6. The minimum atomic E-state index is 0.208. The van der Waals surface area contributed by atoms with E-state index in [1.165, 1.54) is 77.8 Å². The van der Waals surface area contributed by atoms with Crippen molar-refractivity contribution in [2.24, 2.45) is 17.8 Å². The number of thiazole rings is 3. The second-order valence-electron chi connectivity index (χ2n) is 27.9. The normalized spacial score (nSPS) is 14.8. The largest absolute Gasteiger partial charge is 0.369 e. The van der Waals surface area contributed by atoms with E-state index in [9.17, 15) is 14.4 Å². The molecule has 0 radical (unpaired) electrons. The molecule has 0 amide bonds. The molecule has 9 aromatic heterocycles. The number of H-pyrrole nitrogens is 3. The molecule has 0 saturated carbocycles. The first-order valence-electron chi connectivity index (χ1n) is 38.0. The van der Waals surface area contributed by atoms with Crippen molar-refractivity contribution >= 4 is 127 Å². The Balaban J connectivity index is 0.000000140. The number of carbonyl (C=O) groups excluding carboxylic acids is 3. The summed E-state index contributed by atoms with van der Waals surface area (Å²) < 4.78 is 0.771. The van der Waals surface area contributed by atoms with Crippen LogP contribution in [-0.4, -0.2) is 141 Å². The number of rotatable bonds is 29. The molecule has 0 bridgehead atoms. The van der Waals surface area contributed by atoms with E-state index in [2.05, 4.69) is 233 Å². The average Bonchev–Trinajstić information content (AvgIpc) is 1.70. The van der Waals surface area contributed by atoms with Crippen molar-refractivity contribution in [3.05, 3.63) is 219 Å². The Hall–Kier alpha value is -8.93. The van der Waals surface area contributed by atoms with Crippen molar-refractivity contribution in [3.8, 4) is 0 Å². The molecule has 4 N–H and O–H groups in total. The molecular weight excluding hydrogens is 1440 g/mol. The molecular formula is C84H100BrN15O3S3. The second-order valence-corrected chi connectivity index (χ2v) is 32.2. The lowest BCUT2D eigenvalue weighted by atomic mass is 9.89. The molecule has 3 unspecified atom stereocenters. The monoisotopic (exact) mass is 1540 g/mol. The summed E-state index contributed by atoms with van der Waals surface area (Å²) in [7, 11) is 0. The third-order valence-corrected chi connectivity index (χ3v) is 24.2. The molecule has 15 rings (SSSR count). The summed E-state index contributed by atoms with van der Waals surface area (Å²) in [5.74, 6) is 1.72. The summed E-state index contributed by atoms with van der Waals surface area (Å²) in [6, 6.07) is 37.6. The number of Topliss-reactive ketones (excluding diaryl/α,β-unsaturated/α-hetero) is 3. The molecule has 106 heavy (non-hydrogen) atoms. The maximum atomic E-state index is 13.3. The zero-order chi connectivity index (χ0) is 73.2. The zero-order valence-electron chi connectivity index (χ0n) is 61.4. The number of piperazine rings is 3. The summed E-state index contributed by atoms with van der Waals surface area (Å²) >= 11 is 7.86. The van der Waals surface area contributed by atoms with Crippen LogP contribution in [0, 0.1) is 17.8 Å². The Kier molecular flexibility index (Phi) is 28.7. The lowest BCUT2D eigenvalue weighted by Gasteiger charge is -2.35. The van der Waals surface area contributed by atoms with E-state index >= 15 is 0 Å². The molecule has 12 aromatic rings. The van der Waals surface area contributed by atoms with Gasteiger partial charge in [0.15, 0.2) is 31.5 Å². The van der Waals surface area contributed by atoms with Gasteiger partial charge in [-0.3, -0.25) is 29.3 Å². The van der Waals surface area contributed by atoms with Gasteiger partial charge in [-0.15, -0.1) is 11.3 Å². The zero-order valence-corrected chi connectivity index (χ0v) is 65.4. The molecule has 12 heterocycles. The third-order valence-electron chi connectivity index (χ3n) is 20.5. The van der Waals surface area contributed by atoms with Gasteiger partial charge in [-0.25, -0.2) is 15.0 Å². The quantitative estimate of drug-likeness (QED) is 0.0322. The summed E-state index contributed by atoms with van der Waals surface area (Å²) in [5.41, 5.74) is 11.1. The van der Waals surface area contributed by atoms with E-state index < -0.39 is 0 Å². The van der Waals surface area contributed by atoms with Gasteiger partial charge in [0.2, 0.25) is 0 Å². The summed E-state index contributed by atoms with van der Waals surface area (Å²) in [5, 5.41) is 9.06. The average molecular weight is 1540 g/mol. The molecule has 18 nitrogen and oxygen atoms in total. The number of fused-ring (bicyclic) bond motifs is 3. The number of halogens is 1. The number of carbonyl (C=O) groups is 3. The van der Waals surface area contributed by atoms with Crippen molar-refractivity contribution in [2.75, 3.05) is 103 Å². The highest BCUT2D eigenvalue weighted by molar-refractivity contribution is 9.11. The maximum Gasteiger partial charge on any atom is 0.186 e. The molecule has 3 saturated heterocycles. The van der Waals surface area contributed by atoms with E-state index in [-0.39, 0.29) is 17.3 Å². The van der Waals surface area contributed by atoms with Crippen LogP contribution in [-0.2, 0) is 19.3 Å². The first kappa shape index (κ1) is 76.7. The molecule has 3 fully saturated rings. The first-order chi connectivity index (χ1) is 52.1. The van der Waals surface area contributed by atoms with Crippen LogP contribution in [0.25, 0.3) is 32.7 Å². The van der Waals surface area contributed by atoms with Crippen LogP contribution in [0.5, 0.6) is 0 Å². The van der Waals surface area contributed by atoms with Crippen LogP contribution < -0.4 is 29.8 Å². The highest BCUT2D eigenvalue weighted by Gasteiger charge is 2.27. The first-order valence-corrected chi connectivity index (χ1v) is 41.2. The predicted molar refractivity (Wildman–Crippen MR) is 443 cm³/mol. The number of hydrogen-bond donors (Lipinski definition) is 4. The van der Waals surface area contributed by atoms with Crippen molar-refractivity contribution in [1.29, 1.82) is 0 Å². The molecule has 3 aromatic carbocycles. The second kappa shape index (κ2) is 39.6. The number of para-hydroxylation sites is 3. The summed E-state index contributed by atoms with van der Waals surface area (Å²) in [6.45, 7) is 18.4. The van der Waals surface area contributed by atoms with Crippen molar-refractivity contribution in [3.63, 3.8) is 0 Å². The summed E-state index contributed by atoms with van der Waals surface area (Å²) in [4.78, 5) is 88.9. The van der Waals surface area contributed by atoms with Gasteiger partial charge < -0.3 is 44.8 Å². The van der Waals surface area contributed by atoms with Crippen LogP contribution in [0.2, 0.25) is 0 Å². The molecule has 0 aliphatic carbocycles. The van der Waals surface area contributed by atoms with E-state index in [0.29, 0.717) is 37.0 Å². The van der Waals surface area contributed by atoms with Crippen molar-refractivity contribution < 1.29 is 14.4 Å². The Labute approximate surface area is 644 Å². The molecule has 554 valence electrons. The number of benzene rings is 3. The topological polar surface area (TPSA) is 204 Å². The van der Waals surface area contributed by atoms with Crippen LogP contribution >= 0.6 is 49.9 Å². The van der Waals surface area contributed by atoms with Gasteiger partial charge in [0.1, 0.15) is 0 Å². The molecule has 22 heteroatoms. The standard InChI is InChI=1S/2C28H33N5OS.C19H21BrN2OS.C9H13N3/c2*1-2-3-6-21(17-22-19-30-25-8-5-4-7-24(22)25)18-26(34)27-20-31-28(35-27)33-15-13-32(14-16-33)23-9-11-29-12-10-23;1-2-3-6-13(10-17(23)18-12-22-19(20)24-18)9-14-11-21-16-8-5-4-7-15(14)16;1-3-10-4-2-9(1)12-7-5-11-6-8-12/h2*4-5,7-12,19-21,30H,2-3,6,13-18H2,1H3;4-5,7-8,11-13,21H,2-3,6,9-10H2,1H3;1-4,11H,5-8H2. The lowest BCUT2D eigenvalue weighted by molar-refractivity contribution is 0.0953. The minimum Gasteiger partial charge on any atom is -0.369 e. The lowest BCUT2D eigenvalue weighted by Crippen LogP contribution is -2.46. The molecule has 3 atom stereocenters. The smallest absolute Gasteiger partial charge is 0.186 e. The minimum absolute atomic E-state index is 0.208. The number of ketones is 3. The van der Waals surface area contributed by atoms with Crippen LogP contribution in [0.15, 0.2) is 187 Å². The Morgan fingerprint density at radius 3 is 1.05 bits per heavy atom. The number of aromatic amines is 3. The molecule has 0 spiro atoms. The SMILES string of the molecule is CCCCC(CC(=O)c1cnc(Br)s1)Cc1c[nH]c2ccccc12.CCCCC(CC(=O)c1cnc(N2CCN(c3ccncc3)CC2)s1)Cc1c[nH]c2ccccc12.CCCCC(CC(=O)c1cnc(N2CCN(c3ccncc3)CC2)s1)Cc1c[nH]c2ccccc12.c1cc(N2CCNCC2)ccn1. The maximum absolute atomic E-state index is 13.3. The number of nitrogens with zero attached hydrogens (tertiary/aromatic N) is 11. The highest BCUT2D eigenvalue weighted by atomic mass is 79.9. The van der Waals surface area contributed by atoms with Gasteiger partial charge in [0, 0.05) is 203 Å². The van der Waals surface area contributed by atoms with Gasteiger partial charge in [-0.2, -0.15) is 0 Å². The van der Waals surface area contributed by atoms with Crippen LogP contribution in [0.3, 0.4) is 0 Å². The van der Waals surface area contributed by atoms with Crippen molar-refractivity contribution in [1.82, 2.24) is 50.2 Å². The predicted octanol–water partition coefficient (Wildman–Crippen LogP) is 18.4. The fraction of sp³-hybridized carbons (Fsp3) is 0.393. The Morgan fingerprint density at radius 1 is 0.406 bits per heavy atom. The number of aromatic nitrogens is 9. The highest BCUT2D eigenvalue weighted by Crippen LogP contribution is 2.34. The Morgan fingerprint density at radius 2 is 0.717 bits per heavy atom. The number of unbranched alkanes of at least 4 members (excludes halogenated alkanes) is 3. The third kappa shape index (κ3) is 21.4. The van der Waals surface area contributed by atoms with Gasteiger partial charge >= 0.3 is 0 Å². The van der Waals surface area contributed by atoms with E-state index in [4.69, 9.17) is 0 Å². The summed E-state index contributed by atoms with van der Waals surface area (Å²) in [6.07, 6.45) is 37.3. The van der Waals surface area contributed by atoms with E-state index in [1.807, 2.05) is 43.2 Å². The van der Waals surface area contributed by atoms with Gasteiger partial charge in [0.05, 0.1) is 33.2 Å². The van der Waals surface area contributed by atoms with Gasteiger partial charge in [-0.05, 0) is 143 Å².